The molecule has 10 heteroatoms. The van der Waals surface area contributed by atoms with Crippen molar-refractivity contribution in [3.63, 3.8) is 0 Å². The number of ether oxygens (including phenoxy) is 2. The van der Waals surface area contributed by atoms with E-state index in [0.717, 1.165) is 41.4 Å². The number of halogens is 1. The van der Waals surface area contributed by atoms with Gasteiger partial charge >= 0.3 is 0 Å². The van der Waals surface area contributed by atoms with E-state index >= 15 is 0 Å². The van der Waals surface area contributed by atoms with E-state index in [1.54, 1.807) is 55.5 Å². The lowest BCUT2D eigenvalue weighted by atomic mass is 10.1. The number of rotatable bonds is 9. The van der Waals surface area contributed by atoms with Crippen molar-refractivity contribution in [1.82, 2.24) is 20.0 Å². The first-order valence-electron chi connectivity index (χ1n) is 14.1. The van der Waals surface area contributed by atoms with Gasteiger partial charge in [-0.05, 0) is 72.6 Å². The van der Waals surface area contributed by atoms with Crippen LogP contribution < -0.4 is 14.4 Å². The maximum absolute atomic E-state index is 13.5. The molecular weight excluding hydrogens is 549 g/mol. The summed E-state index contributed by atoms with van der Waals surface area (Å²) >= 11 is 0. The van der Waals surface area contributed by atoms with Crippen molar-refractivity contribution in [3.8, 4) is 22.8 Å². The number of methoxy groups -OCH3 is 2. The molecule has 0 N–H and O–H groups in total. The predicted octanol–water partition coefficient (Wildman–Crippen LogP) is 4.68. The van der Waals surface area contributed by atoms with Crippen molar-refractivity contribution in [2.24, 2.45) is 0 Å². The third kappa shape index (κ3) is 7.45. The number of amides is 2. The Balaban J connectivity index is 1.25. The van der Waals surface area contributed by atoms with Gasteiger partial charge in [0.15, 0.2) is 5.82 Å². The number of carbonyl (C=O) groups is 2. The van der Waals surface area contributed by atoms with Crippen molar-refractivity contribution < 1.29 is 23.5 Å². The number of anilines is 1. The van der Waals surface area contributed by atoms with Gasteiger partial charge in [-0.1, -0.05) is 24.3 Å². The summed E-state index contributed by atoms with van der Waals surface area (Å²) in [5.74, 6) is 1.33. The maximum Gasteiger partial charge on any atom is 0.254 e. The van der Waals surface area contributed by atoms with Gasteiger partial charge in [-0.15, -0.1) is 10.2 Å². The smallest absolute Gasteiger partial charge is 0.254 e. The molecule has 43 heavy (non-hydrogen) atoms. The monoisotopic (exact) mass is 583 g/mol. The zero-order valence-electron chi connectivity index (χ0n) is 24.3. The van der Waals surface area contributed by atoms with Crippen molar-refractivity contribution in [2.75, 3.05) is 51.8 Å². The first-order valence-corrected chi connectivity index (χ1v) is 14.1. The zero-order chi connectivity index (χ0) is 30.2. The standard InChI is InChI=1S/C33H34FN5O4/c1-42-28-13-9-25(10-14-28)33(41)39(22-24-7-11-27(34)12-8-24)23-32(40)38-18-4-17-37(19-20-38)31-16-15-30(35-36-31)26-5-3-6-29(21-26)43-2/h3,5-16,21H,4,17-20,22-23H2,1-2H3. The van der Waals surface area contributed by atoms with Crippen molar-refractivity contribution >= 4 is 17.6 Å². The van der Waals surface area contributed by atoms with E-state index in [1.165, 1.54) is 17.0 Å². The molecule has 1 aromatic heterocycles. The van der Waals surface area contributed by atoms with Crippen LogP contribution in [0.4, 0.5) is 10.2 Å². The molecule has 0 bridgehead atoms. The molecule has 1 aliphatic heterocycles. The molecule has 0 radical (unpaired) electrons. The summed E-state index contributed by atoms with van der Waals surface area (Å²) in [6, 6.07) is 24.3. The van der Waals surface area contributed by atoms with E-state index in [0.29, 0.717) is 30.9 Å². The van der Waals surface area contributed by atoms with Crippen LogP contribution in [0.2, 0.25) is 0 Å². The van der Waals surface area contributed by atoms with Crippen LogP contribution in [0, 0.1) is 5.82 Å². The number of nitrogens with zero attached hydrogens (tertiary/aromatic N) is 5. The summed E-state index contributed by atoms with van der Waals surface area (Å²) in [5.41, 5.74) is 2.83. The molecule has 0 spiro atoms. The molecular formula is C33H34FN5O4. The molecule has 4 aromatic rings. The normalized spacial score (nSPS) is 13.3. The first-order chi connectivity index (χ1) is 20.9. The lowest BCUT2D eigenvalue weighted by Gasteiger charge is -2.27. The number of carbonyl (C=O) groups excluding carboxylic acids is 2. The molecule has 0 saturated carbocycles. The van der Waals surface area contributed by atoms with Crippen LogP contribution in [0.5, 0.6) is 11.5 Å². The van der Waals surface area contributed by atoms with Gasteiger partial charge < -0.3 is 24.2 Å². The van der Waals surface area contributed by atoms with Crippen LogP contribution in [0.3, 0.4) is 0 Å². The molecule has 5 rings (SSSR count). The molecule has 0 aliphatic carbocycles. The summed E-state index contributed by atoms with van der Waals surface area (Å²) in [5, 5.41) is 8.88. The molecule has 222 valence electrons. The van der Waals surface area contributed by atoms with Gasteiger partial charge in [-0.3, -0.25) is 9.59 Å². The van der Waals surface area contributed by atoms with Gasteiger partial charge in [0.05, 0.1) is 19.9 Å². The molecule has 2 heterocycles. The SMILES string of the molecule is COc1ccc(C(=O)N(CC(=O)N2CCCN(c3ccc(-c4cccc(OC)c4)nn3)CC2)Cc2ccc(F)cc2)cc1. The van der Waals surface area contributed by atoms with Gasteiger partial charge in [0.1, 0.15) is 23.9 Å². The summed E-state index contributed by atoms with van der Waals surface area (Å²) < 4.78 is 24.0. The van der Waals surface area contributed by atoms with Crippen molar-refractivity contribution in [1.29, 1.82) is 0 Å². The molecule has 0 unspecified atom stereocenters. The van der Waals surface area contributed by atoms with Crippen molar-refractivity contribution in [3.05, 3.63) is 102 Å². The Morgan fingerprint density at radius 1 is 0.837 bits per heavy atom. The fourth-order valence-corrected chi connectivity index (χ4v) is 5.02. The highest BCUT2D eigenvalue weighted by molar-refractivity contribution is 5.96. The summed E-state index contributed by atoms with van der Waals surface area (Å²) in [7, 11) is 3.19. The van der Waals surface area contributed by atoms with Crippen LogP contribution in [-0.2, 0) is 11.3 Å². The highest BCUT2D eigenvalue weighted by Crippen LogP contribution is 2.23. The third-order valence-corrected chi connectivity index (χ3v) is 7.43. The van der Waals surface area contributed by atoms with Gasteiger partial charge in [-0.2, -0.15) is 0 Å². The summed E-state index contributed by atoms with van der Waals surface area (Å²) in [6.45, 7) is 2.43. The van der Waals surface area contributed by atoms with Crippen LogP contribution in [0.1, 0.15) is 22.3 Å². The Hall–Kier alpha value is -4.99. The highest BCUT2D eigenvalue weighted by atomic mass is 19.1. The minimum Gasteiger partial charge on any atom is -0.497 e. The van der Waals surface area contributed by atoms with Crippen LogP contribution >= 0.6 is 0 Å². The molecule has 1 aliphatic rings. The lowest BCUT2D eigenvalue weighted by Crippen LogP contribution is -2.44. The largest absolute Gasteiger partial charge is 0.497 e. The van der Waals surface area contributed by atoms with Gasteiger partial charge in [0.2, 0.25) is 5.91 Å². The van der Waals surface area contributed by atoms with Crippen LogP contribution in [-0.4, -0.2) is 78.8 Å². The maximum atomic E-state index is 13.5. The van der Waals surface area contributed by atoms with Gasteiger partial charge in [0.25, 0.3) is 5.91 Å². The van der Waals surface area contributed by atoms with E-state index in [4.69, 9.17) is 9.47 Å². The number of hydrogen-bond donors (Lipinski definition) is 0. The Morgan fingerprint density at radius 2 is 1.60 bits per heavy atom. The second-order valence-electron chi connectivity index (χ2n) is 10.2. The molecule has 9 nitrogen and oxygen atoms in total. The van der Waals surface area contributed by atoms with E-state index in [1.807, 2.05) is 36.4 Å². The van der Waals surface area contributed by atoms with E-state index in [9.17, 15) is 14.0 Å². The average Bonchev–Trinajstić information content (AvgIpc) is 3.32. The van der Waals surface area contributed by atoms with Crippen LogP contribution in [0.25, 0.3) is 11.3 Å². The number of aromatic nitrogens is 2. The number of benzene rings is 3. The highest BCUT2D eigenvalue weighted by Gasteiger charge is 2.25. The number of hydrogen-bond acceptors (Lipinski definition) is 7. The third-order valence-electron chi connectivity index (χ3n) is 7.43. The fraction of sp³-hybridized carbons (Fsp3) is 0.273. The van der Waals surface area contributed by atoms with E-state index in [-0.39, 0.29) is 30.7 Å². The topological polar surface area (TPSA) is 88.1 Å². The second-order valence-corrected chi connectivity index (χ2v) is 10.2. The lowest BCUT2D eigenvalue weighted by molar-refractivity contribution is -0.131. The molecule has 2 amide bonds. The Labute approximate surface area is 250 Å². The predicted molar refractivity (Wildman–Crippen MR) is 162 cm³/mol. The minimum atomic E-state index is -0.360. The van der Waals surface area contributed by atoms with E-state index in [2.05, 4.69) is 15.1 Å². The molecule has 1 saturated heterocycles. The van der Waals surface area contributed by atoms with Gasteiger partial charge in [0, 0.05) is 43.9 Å². The Bertz CT molecular complexity index is 1530. The Kier molecular flexibility index (Phi) is 9.46. The van der Waals surface area contributed by atoms with E-state index < -0.39 is 0 Å². The summed E-state index contributed by atoms with van der Waals surface area (Å²) in [6.07, 6.45) is 0.745. The zero-order valence-corrected chi connectivity index (χ0v) is 24.3. The molecule has 0 atom stereocenters. The second kappa shape index (κ2) is 13.8. The summed E-state index contributed by atoms with van der Waals surface area (Å²) in [4.78, 5) is 32.5. The molecule has 1 fully saturated rings. The average molecular weight is 584 g/mol. The fourth-order valence-electron chi connectivity index (χ4n) is 5.02. The quantitative estimate of drug-likeness (QED) is 0.283. The van der Waals surface area contributed by atoms with Crippen LogP contribution in [0.15, 0.2) is 84.9 Å². The Morgan fingerprint density at radius 3 is 2.30 bits per heavy atom. The molecule has 3 aromatic carbocycles. The first kappa shape index (κ1) is 29.5. The van der Waals surface area contributed by atoms with Gasteiger partial charge in [-0.25, -0.2) is 4.39 Å². The minimum absolute atomic E-state index is 0.0999. The van der Waals surface area contributed by atoms with Crippen molar-refractivity contribution in [2.45, 2.75) is 13.0 Å².